The van der Waals surface area contributed by atoms with Crippen molar-refractivity contribution in [3.63, 3.8) is 0 Å². The summed E-state index contributed by atoms with van der Waals surface area (Å²) in [6, 6.07) is 9.39. The topological polar surface area (TPSA) is 80.4 Å². The fourth-order valence-electron chi connectivity index (χ4n) is 3.52. The van der Waals surface area contributed by atoms with E-state index in [4.69, 9.17) is 9.47 Å². The van der Waals surface area contributed by atoms with E-state index >= 15 is 0 Å². The van der Waals surface area contributed by atoms with E-state index in [1.165, 1.54) is 12.1 Å². The number of hydrogen-bond acceptors (Lipinski definition) is 4. The highest BCUT2D eigenvalue weighted by Crippen LogP contribution is 2.25. The number of carbonyl (C=O) groups excluding carboxylic acids is 2. The van der Waals surface area contributed by atoms with Crippen LogP contribution < -0.4 is 10.1 Å². The summed E-state index contributed by atoms with van der Waals surface area (Å²) in [5.41, 5.74) is 2.59. The van der Waals surface area contributed by atoms with Gasteiger partial charge in [-0.05, 0) is 55.7 Å². The SMILES string of the molecule is Cc1cc(NC(=O)c2ccc(OC[C@@H]3CCCO3)cc2F)cc2cc(C=O)[nH]c12. The van der Waals surface area contributed by atoms with E-state index in [0.717, 1.165) is 42.2 Å². The van der Waals surface area contributed by atoms with Crippen LogP contribution in [0.2, 0.25) is 0 Å². The van der Waals surface area contributed by atoms with Crippen LogP contribution in [0.4, 0.5) is 10.1 Å². The normalized spacial score (nSPS) is 16.1. The van der Waals surface area contributed by atoms with Crippen LogP contribution in [0, 0.1) is 12.7 Å². The third-order valence-electron chi connectivity index (χ3n) is 4.98. The molecule has 0 bridgehead atoms. The molecule has 1 atom stereocenters. The maximum absolute atomic E-state index is 14.5. The number of aromatic nitrogens is 1. The molecule has 1 fully saturated rings. The predicted octanol–water partition coefficient (Wildman–Crippen LogP) is 4.24. The van der Waals surface area contributed by atoms with Crippen molar-refractivity contribution >= 4 is 28.8 Å². The number of aryl methyl sites for hydroxylation is 1. The number of aldehydes is 1. The largest absolute Gasteiger partial charge is 0.491 e. The van der Waals surface area contributed by atoms with Gasteiger partial charge in [0.2, 0.25) is 0 Å². The molecule has 0 aliphatic carbocycles. The first kappa shape index (κ1) is 19.1. The first-order valence-electron chi connectivity index (χ1n) is 9.47. The van der Waals surface area contributed by atoms with E-state index < -0.39 is 11.7 Å². The molecule has 1 saturated heterocycles. The van der Waals surface area contributed by atoms with Crippen molar-refractivity contribution < 1.29 is 23.5 Å². The minimum absolute atomic E-state index is 0.0346. The molecule has 0 unspecified atom stereocenters. The summed E-state index contributed by atoms with van der Waals surface area (Å²) in [5, 5.41) is 3.51. The van der Waals surface area contributed by atoms with Crippen LogP contribution in [0.3, 0.4) is 0 Å². The molecule has 1 amide bonds. The molecule has 0 saturated carbocycles. The zero-order chi connectivity index (χ0) is 20.4. The Morgan fingerprint density at radius 2 is 2.21 bits per heavy atom. The molecule has 2 heterocycles. The van der Waals surface area contributed by atoms with Gasteiger partial charge in [0.25, 0.3) is 5.91 Å². The molecular formula is C22H21FN2O4. The second-order valence-electron chi connectivity index (χ2n) is 7.14. The number of carbonyl (C=O) groups is 2. The molecule has 150 valence electrons. The summed E-state index contributed by atoms with van der Waals surface area (Å²) >= 11 is 0. The van der Waals surface area contributed by atoms with Crippen molar-refractivity contribution in [2.24, 2.45) is 0 Å². The predicted molar refractivity (Wildman–Crippen MR) is 107 cm³/mol. The molecule has 2 N–H and O–H groups in total. The van der Waals surface area contributed by atoms with Gasteiger partial charge in [-0.3, -0.25) is 9.59 Å². The van der Waals surface area contributed by atoms with Crippen molar-refractivity contribution in [1.29, 1.82) is 0 Å². The van der Waals surface area contributed by atoms with Gasteiger partial charge in [0.05, 0.1) is 17.4 Å². The highest BCUT2D eigenvalue weighted by Gasteiger charge is 2.18. The number of halogens is 1. The number of fused-ring (bicyclic) bond motifs is 1. The van der Waals surface area contributed by atoms with Crippen LogP contribution in [-0.4, -0.2) is 36.5 Å². The van der Waals surface area contributed by atoms with Crippen molar-refractivity contribution in [1.82, 2.24) is 4.98 Å². The smallest absolute Gasteiger partial charge is 0.258 e. The third-order valence-corrected chi connectivity index (χ3v) is 4.98. The Hall–Kier alpha value is -3.19. The van der Waals surface area contributed by atoms with Crippen LogP contribution >= 0.6 is 0 Å². The zero-order valence-corrected chi connectivity index (χ0v) is 16.0. The Balaban J connectivity index is 1.47. The minimum Gasteiger partial charge on any atom is -0.491 e. The van der Waals surface area contributed by atoms with Crippen molar-refractivity contribution in [2.75, 3.05) is 18.5 Å². The molecule has 3 aromatic rings. The second-order valence-corrected chi connectivity index (χ2v) is 7.14. The Labute approximate surface area is 167 Å². The molecule has 6 nitrogen and oxygen atoms in total. The molecule has 4 rings (SSSR count). The quantitative estimate of drug-likeness (QED) is 0.611. The Bertz CT molecular complexity index is 1070. The maximum atomic E-state index is 14.5. The first-order valence-corrected chi connectivity index (χ1v) is 9.47. The monoisotopic (exact) mass is 396 g/mol. The number of benzene rings is 2. The summed E-state index contributed by atoms with van der Waals surface area (Å²) in [6.45, 7) is 2.96. The highest BCUT2D eigenvalue weighted by molar-refractivity contribution is 6.05. The van der Waals surface area contributed by atoms with Crippen LogP contribution in [0.1, 0.15) is 39.3 Å². The van der Waals surface area contributed by atoms with E-state index in [-0.39, 0.29) is 11.7 Å². The van der Waals surface area contributed by atoms with Crippen molar-refractivity contribution in [3.05, 3.63) is 59.0 Å². The van der Waals surface area contributed by atoms with Gasteiger partial charge in [-0.1, -0.05) is 0 Å². The van der Waals surface area contributed by atoms with Crippen LogP contribution in [0.5, 0.6) is 5.75 Å². The first-order chi connectivity index (χ1) is 14.0. The van der Waals surface area contributed by atoms with Crippen LogP contribution in [0.15, 0.2) is 36.4 Å². The van der Waals surface area contributed by atoms with Gasteiger partial charge in [-0.2, -0.15) is 0 Å². The lowest BCUT2D eigenvalue weighted by Crippen LogP contribution is -2.17. The zero-order valence-electron chi connectivity index (χ0n) is 16.0. The summed E-state index contributed by atoms with van der Waals surface area (Å²) in [4.78, 5) is 26.5. The van der Waals surface area contributed by atoms with Gasteiger partial charge in [0, 0.05) is 29.3 Å². The Morgan fingerprint density at radius 1 is 1.34 bits per heavy atom. The van der Waals surface area contributed by atoms with Gasteiger partial charge in [0.15, 0.2) is 6.29 Å². The van der Waals surface area contributed by atoms with Crippen molar-refractivity contribution in [2.45, 2.75) is 25.9 Å². The summed E-state index contributed by atoms with van der Waals surface area (Å²) in [7, 11) is 0. The lowest BCUT2D eigenvalue weighted by molar-refractivity contribution is 0.0678. The van der Waals surface area contributed by atoms with Crippen LogP contribution in [-0.2, 0) is 4.74 Å². The molecular weight excluding hydrogens is 375 g/mol. The van der Waals surface area contributed by atoms with Gasteiger partial charge < -0.3 is 19.8 Å². The molecule has 2 aromatic carbocycles. The highest BCUT2D eigenvalue weighted by atomic mass is 19.1. The Morgan fingerprint density at radius 3 is 2.93 bits per heavy atom. The lowest BCUT2D eigenvalue weighted by Gasteiger charge is -2.12. The van der Waals surface area contributed by atoms with Crippen LogP contribution in [0.25, 0.3) is 10.9 Å². The third kappa shape index (κ3) is 4.14. The fraction of sp³-hybridized carbons (Fsp3) is 0.273. The lowest BCUT2D eigenvalue weighted by atomic mass is 10.1. The molecule has 1 aliphatic heterocycles. The Kier molecular flexibility index (Phi) is 5.31. The number of anilines is 1. The van der Waals surface area contributed by atoms with Crippen molar-refractivity contribution in [3.8, 4) is 5.75 Å². The average molecular weight is 396 g/mol. The average Bonchev–Trinajstić information content (AvgIpc) is 3.36. The van der Waals surface area contributed by atoms with E-state index in [0.29, 0.717) is 23.7 Å². The minimum atomic E-state index is -0.657. The van der Waals surface area contributed by atoms with Gasteiger partial charge in [0.1, 0.15) is 18.2 Å². The number of H-pyrrole nitrogens is 1. The number of rotatable bonds is 6. The molecule has 7 heteroatoms. The molecule has 1 aromatic heterocycles. The van der Waals surface area contributed by atoms with E-state index in [1.54, 1.807) is 24.3 Å². The van der Waals surface area contributed by atoms with Gasteiger partial charge in [-0.15, -0.1) is 0 Å². The maximum Gasteiger partial charge on any atom is 0.258 e. The number of ether oxygens (including phenoxy) is 2. The summed E-state index contributed by atoms with van der Waals surface area (Å²) < 4.78 is 25.5. The summed E-state index contributed by atoms with van der Waals surface area (Å²) in [5.74, 6) is -0.853. The van der Waals surface area contributed by atoms with E-state index in [1.807, 2.05) is 6.92 Å². The van der Waals surface area contributed by atoms with Gasteiger partial charge in [-0.25, -0.2) is 4.39 Å². The molecule has 0 spiro atoms. The van der Waals surface area contributed by atoms with Gasteiger partial charge >= 0.3 is 0 Å². The van der Waals surface area contributed by atoms with E-state index in [2.05, 4.69) is 10.3 Å². The number of nitrogens with one attached hydrogen (secondary N) is 2. The molecule has 29 heavy (non-hydrogen) atoms. The van der Waals surface area contributed by atoms with E-state index in [9.17, 15) is 14.0 Å². The molecule has 0 radical (unpaired) electrons. The standard InChI is InChI=1S/C22H21FN2O4/c1-13-7-15(8-14-9-16(11-26)24-21(13)14)25-22(27)19-5-4-17(10-20(19)23)29-12-18-3-2-6-28-18/h4-5,7-11,18,24H,2-3,6,12H2,1H3,(H,25,27)/t18-/m0/s1. The summed E-state index contributed by atoms with van der Waals surface area (Å²) in [6.07, 6.45) is 2.70. The number of aromatic amines is 1. The number of amides is 1. The second kappa shape index (κ2) is 8.05. The number of hydrogen-bond donors (Lipinski definition) is 2. The fourth-order valence-corrected chi connectivity index (χ4v) is 3.52. The molecule has 1 aliphatic rings.